The second-order valence-corrected chi connectivity index (χ2v) is 6.19. The molecule has 2 rings (SSSR count). The number of aryl methyl sites for hydroxylation is 1. The van der Waals surface area contributed by atoms with Gasteiger partial charge in [-0.05, 0) is 49.8 Å². The summed E-state index contributed by atoms with van der Waals surface area (Å²) in [4.78, 5) is 0. The minimum absolute atomic E-state index is 0.545. The van der Waals surface area contributed by atoms with Crippen LogP contribution in [-0.2, 0) is 0 Å². The molecular weight excluding hydrogens is 230 g/mol. The SMILES string of the molecule is CCCC1CCC(C(NC)c2ccccc2C)CC1. The molecule has 1 heteroatoms. The van der Waals surface area contributed by atoms with Crippen molar-refractivity contribution in [1.82, 2.24) is 5.32 Å². The Morgan fingerprint density at radius 1 is 1.16 bits per heavy atom. The Hall–Kier alpha value is -0.820. The maximum absolute atomic E-state index is 3.58. The van der Waals surface area contributed by atoms with Crippen molar-refractivity contribution in [3.8, 4) is 0 Å². The molecule has 0 aliphatic heterocycles. The Kier molecular flexibility index (Phi) is 5.45. The van der Waals surface area contributed by atoms with Crippen LogP contribution in [0, 0.1) is 18.8 Å². The van der Waals surface area contributed by atoms with Crippen molar-refractivity contribution >= 4 is 0 Å². The van der Waals surface area contributed by atoms with Crippen LogP contribution in [0.5, 0.6) is 0 Å². The standard InChI is InChI=1S/C18H29N/c1-4-7-15-10-12-16(13-11-15)18(19-3)17-9-6-5-8-14(17)2/h5-6,8-9,15-16,18-19H,4,7,10-13H2,1-3H3. The highest BCUT2D eigenvalue weighted by Gasteiger charge is 2.27. The van der Waals surface area contributed by atoms with E-state index in [4.69, 9.17) is 0 Å². The first-order valence-electron chi connectivity index (χ1n) is 7.99. The zero-order chi connectivity index (χ0) is 13.7. The molecule has 1 atom stereocenters. The van der Waals surface area contributed by atoms with Gasteiger partial charge in [0.2, 0.25) is 0 Å². The zero-order valence-corrected chi connectivity index (χ0v) is 12.8. The van der Waals surface area contributed by atoms with Crippen LogP contribution in [0.3, 0.4) is 0 Å². The highest BCUT2D eigenvalue weighted by Crippen LogP contribution is 2.38. The molecule has 1 aromatic carbocycles. The summed E-state index contributed by atoms with van der Waals surface area (Å²) in [6.07, 6.45) is 8.43. The molecule has 19 heavy (non-hydrogen) atoms. The molecular formula is C18H29N. The van der Waals surface area contributed by atoms with Crippen molar-refractivity contribution in [3.63, 3.8) is 0 Å². The Bertz CT molecular complexity index is 377. The van der Waals surface area contributed by atoms with Gasteiger partial charge in [-0.3, -0.25) is 0 Å². The number of benzene rings is 1. The topological polar surface area (TPSA) is 12.0 Å². The summed E-state index contributed by atoms with van der Waals surface area (Å²) in [7, 11) is 2.12. The van der Waals surface area contributed by atoms with Gasteiger partial charge in [0, 0.05) is 6.04 Å². The second kappa shape index (κ2) is 7.09. The lowest BCUT2D eigenvalue weighted by Crippen LogP contribution is -2.29. The normalized spacial score (nSPS) is 25.2. The second-order valence-electron chi connectivity index (χ2n) is 6.19. The summed E-state index contributed by atoms with van der Waals surface area (Å²) in [5, 5.41) is 3.58. The first-order valence-corrected chi connectivity index (χ1v) is 7.99. The van der Waals surface area contributed by atoms with E-state index < -0.39 is 0 Å². The third kappa shape index (κ3) is 3.60. The molecule has 1 aromatic rings. The molecule has 1 aliphatic carbocycles. The molecule has 1 N–H and O–H groups in total. The highest BCUT2D eigenvalue weighted by molar-refractivity contribution is 5.29. The lowest BCUT2D eigenvalue weighted by Gasteiger charge is -2.34. The van der Waals surface area contributed by atoms with Crippen molar-refractivity contribution in [2.45, 2.75) is 58.4 Å². The molecule has 1 aliphatic rings. The van der Waals surface area contributed by atoms with Crippen molar-refractivity contribution in [3.05, 3.63) is 35.4 Å². The lowest BCUT2D eigenvalue weighted by atomic mass is 9.75. The first-order chi connectivity index (χ1) is 9.26. The number of hydrogen-bond donors (Lipinski definition) is 1. The molecule has 1 unspecified atom stereocenters. The maximum Gasteiger partial charge on any atom is 0.0348 e. The van der Waals surface area contributed by atoms with Gasteiger partial charge in [0.1, 0.15) is 0 Å². The third-order valence-corrected chi connectivity index (χ3v) is 4.89. The average molecular weight is 259 g/mol. The Morgan fingerprint density at radius 2 is 1.84 bits per heavy atom. The Morgan fingerprint density at radius 3 is 2.42 bits per heavy atom. The van der Waals surface area contributed by atoms with Gasteiger partial charge in [0.05, 0.1) is 0 Å². The molecule has 1 fully saturated rings. The van der Waals surface area contributed by atoms with Crippen molar-refractivity contribution in [2.75, 3.05) is 7.05 Å². The zero-order valence-electron chi connectivity index (χ0n) is 12.8. The monoisotopic (exact) mass is 259 g/mol. The molecule has 0 bridgehead atoms. The molecule has 0 saturated heterocycles. The van der Waals surface area contributed by atoms with Gasteiger partial charge >= 0.3 is 0 Å². The molecule has 0 aromatic heterocycles. The van der Waals surface area contributed by atoms with Crippen LogP contribution in [0.25, 0.3) is 0 Å². The summed E-state index contributed by atoms with van der Waals surface area (Å²) in [5.41, 5.74) is 2.93. The fourth-order valence-corrected chi connectivity index (χ4v) is 3.80. The molecule has 1 nitrogen and oxygen atoms in total. The van der Waals surface area contributed by atoms with Gasteiger partial charge in [-0.2, -0.15) is 0 Å². The number of nitrogens with one attached hydrogen (secondary N) is 1. The van der Waals surface area contributed by atoms with Gasteiger partial charge < -0.3 is 5.32 Å². The Balaban J connectivity index is 2.02. The van der Waals surface area contributed by atoms with Crippen molar-refractivity contribution in [1.29, 1.82) is 0 Å². The van der Waals surface area contributed by atoms with E-state index >= 15 is 0 Å². The molecule has 0 spiro atoms. The summed E-state index contributed by atoms with van der Waals surface area (Å²) in [6, 6.07) is 9.40. The number of rotatable bonds is 5. The smallest absolute Gasteiger partial charge is 0.0348 e. The van der Waals surface area contributed by atoms with Gasteiger partial charge in [-0.25, -0.2) is 0 Å². The third-order valence-electron chi connectivity index (χ3n) is 4.89. The molecule has 0 amide bonds. The van der Waals surface area contributed by atoms with Crippen LogP contribution >= 0.6 is 0 Å². The summed E-state index contributed by atoms with van der Waals surface area (Å²) >= 11 is 0. The molecule has 1 saturated carbocycles. The van der Waals surface area contributed by atoms with Crippen LogP contribution in [0.2, 0.25) is 0 Å². The van der Waals surface area contributed by atoms with Crippen LogP contribution < -0.4 is 5.32 Å². The first kappa shape index (κ1) is 14.6. The average Bonchev–Trinajstić information content (AvgIpc) is 2.44. The van der Waals surface area contributed by atoms with Crippen LogP contribution in [-0.4, -0.2) is 7.05 Å². The quantitative estimate of drug-likeness (QED) is 0.796. The van der Waals surface area contributed by atoms with E-state index in [-0.39, 0.29) is 0 Å². The Labute approximate surface area is 118 Å². The van der Waals surface area contributed by atoms with Crippen LogP contribution in [0.1, 0.15) is 62.6 Å². The summed E-state index contributed by atoms with van der Waals surface area (Å²) < 4.78 is 0. The van der Waals surface area contributed by atoms with Gasteiger partial charge in [0.15, 0.2) is 0 Å². The minimum Gasteiger partial charge on any atom is -0.313 e. The molecule has 0 radical (unpaired) electrons. The minimum atomic E-state index is 0.545. The fraction of sp³-hybridized carbons (Fsp3) is 0.667. The van der Waals surface area contributed by atoms with Gasteiger partial charge in [-0.1, -0.05) is 56.9 Å². The lowest BCUT2D eigenvalue weighted by molar-refractivity contribution is 0.219. The number of hydrogen-bond acceptors (Lipinski definition) is 1. The van der Waals surface area contributed by atoms with Crippen molar-refractivity contribution in [2.24, 2.45) is 11.8 Å². The van der Waals surface area contributed by atoms with E-state index in [2.05, 4.69) is 50.5 Å². The van der Waals surface area contributed by atoms with Crippen LogP contribution in [0.4, 0.5) is 0 Å². The van der Waals surface area contributed by atoms with Crippen LogP contribution in [0.15, 0.2) is 24.3 Å². The van der Waals surface area contributed by atoms with E-state index in [1.165, 1.54) is 49.7 Å². The summed E-state index contributed by atoms with van der Waals surface area (Å²) in [5.74, 6) is 1.81. The molecule has 106 valence electrons. The van der Waals surface area contributed by atoms with E-state index in [1.54, 1.807) is 0 Å². The largest absolute Gasteiger partial charge is 0.313 e. The molecule has 0 heterocycles. The van der Waals surface area contributed by atoms with E-state index in [1.807, 2.05) is 0 Å². The fourth-order valence-electron chi connectivity index (χ4n) is 3.80. The van der Waals surface area contributed by atoms with Gasteiger partial charge in [0.25, 0.3) is 0 Å². The maximum atomic E-state index is 3.58. The van der Waals surface area contributed by atoms with Crippen molar-refractivity contribution < 1.29 is 0 Å². The van der Waals surface area contributed by atoms with Gasteiger partial charge in [-0.15, -0.1) is 0 Å². The van der Waals surface area contributed by atoms with E-state index in [0.717, 1.165) is 11.8 Å². The van der Waals surface area contributed by atoms with E-state index in [0.29, 0.717) is 6.04 Å². The van der Waals surface area contributed by atoms with E-state index in [9.17, 15) is 0 Å². The predicted octanol–water partition coefficient (Wildman–Crippen LogP) is 4.86. The summed E-state index contributed by atoms with van der Waals surface area (Å²) in [6.45, 7) is 4.55. The highest BCUT2D eigenvalue weighted by atomic mass is 14.9. The predicted molar refractivity (Wildman–Crippen MR) is 83.3 cm³/mol.